The predicted molar refractivity (Wildman–Crippen MR) is 88.0 cm³/mol. The Kier molecular flexibility index (Phi) is 6.28. The minimum Gasteiger partial charge on any atom is -0.315 e. The van der Waals surface area contributed by atoms with Crippen molar-refractivity contribution in [1.29, 1.82) is 0 Å². The van der Waals surface area contributed by atoms with Gasteiger partial charge >= 0.3 is 0 Å². The van der Waals surface area contributed by atoms with E-state index in [1.807, 2.05) is 0 Å². The Hall–Kier alpha value is -1.12. The van der Waals surface area contributed by atoms with Gasteiger partial charge in [0.05, 0.1) is 0 Å². The monoisotopic (exact) mass is 272 g/mol. The number of allylic oxidation sites excluding steroid dienone is 1. The summed E-state index contributed by atoms with van der Waals surface area (Å²) in [6.07, 6.45) is 5.94. The molecule has 1 aliphatic rings. The fraction of sp³-hybridized carbons (Fsp3) is 0.556. The van der Waals surface area contributed by atoms with Crippen LogP contribution in [0.3, 0.4) is 0 Å². The van der Waals surface area contributed by atoms with Crippen LogP contribution >= 0.6 is 0 Å². The second kappa shape index (κ2) is 8.23. The lowest BCUT2D eigenvalue weighted by atomic mass is 10.0. The summed E-state index contributed by atoms with van der Waals surface area (Å²) in [7, 11) is 0. The van der Waals surface area contributed by atoms with Crippen molar-refractivity contribution in [3.8, 4) is 0 Å². The molecule has 2 heteroatoms. The molecule has 0 spiro atoms. The van der Waals surface area contributed by atoms with Crippen molar-refractivity contribution in [3.63, 3.8) is 0 Å². The van der Waals surface area contributed by atoms with Crippen LogP contribution in [0.4, 0.5) is 0 Å². The highest BCUT2D eigenvalue weighted by atomic mass is 15.1. The van der Waals surface area contributed by atoms with Crippen molar-refractivity contribution in [3.05, 3.63) is 41.5 Å². The van der Waals surface area contributed by atoms with E-state index in [1.165, 1.54) is 49.3 Å². The van der Waals surface area contributed by atoms with Gasteiger partial charge in [-0.05, 0) is 56.0 Å². The molecule has 0 radical (unpaired) electrons. The summed E-state index contributed by atoms with van der Waals surface area (Å²) in [5.41, 5.74) is 4.18. The van der Waals surface area contributed by atoms with E-state index < -0.39 is 0 Å². The normalized spacial score (nSPS) is 18.0. The lowest BCUT2D eigenvalue weighted by Crippen LogP contribution is -2.28. The van der Waals surface area contributed by atoms with Crippen molar-refractivity contribution >= 4 is 5.57 Å². The first-order valence-corrected chi connectivity index (χ1v) is 7.98. The number of nitrogens with zero attached hydrogens (tertiary/aromatic N) is 1. The van der Waals surface area contributed by atoms with Gasteiger partial charge in [-0.25, -0.2) is 0 Å². The fourth-order valence-electron chi connectivity index (χ4n) is 2.71. The summed E-state index contributed by atoms with van der Waals surface area (Å²) in [6.45, 7) is 10.4. The van der Waals surface area contributed by atoms with Crippen molar-refractivity contribution in [2.75, 3.05) is 32.7 Å². The van der Waals surface area contributed by atoms with Crippen LogP contribution < -0.4 is 5.32 Å². The van der Waals surface area contributed by atoms with Gasteiger partial charge in [-0.1, -0.05) is 37.3 Å². The van der Waals surface area contributed by atoms with E-state index in [4.69, 9.17) is 0 Å². The SMILES string of the molecule is CCc1ccc(/C(C)=C/CCN2CCCNCC2)cc1. The predicted octanol–water partition coefficient (Wildman–Crippen LogP) is 3.34. The van der Waals surface area contributed by atoms with Crippen LogP contribution in [-0.4, -0.2) is 37.6 Å². The molecule has 1 aliphatic heterocycles. The molecular weight excluding hydrogens is 244 g/mol. The Labute approximate surface area is 123 Å². The second-order valence-corrected chi connectivity index (χ2v) is 5.67. The Morgan fingerprint density at radius 1 is 1.20 bits per heavy atom. The maximum absolute atomic E-state index is 3.46. The smallest absolute Gasteiger partial charge is 0.0107 e. The van der Waals surface area contributed by atoms with Gasteiger partial charge < -0.3 is 10.2 Å². The Morgan fingerprint density at radius 2 is 2.00 bits per heavy atom. The standard InChI is InChI=1S/C18H28N2/c1-3-17-7-9-18(10-8-17)16(2)6-4-13-20-14-5-11-19-12-15-20/h6-10,19H,3-5,11-15H2,1-2H3/b16-6+. The average Bonchev–Trinajstić information content (AvgIpc) is 2.76. The third-order valence-corrected chi connectivity index (χ3v) is 4.15. The molecule has 0 bridgehead atoms. The Morgan fingerprint density at radius 3 is 2.75 bits per heavy atom. The molecule has 20 heavy (non-hydrogen) atoms. The van der Waals surface area contributed by atoms with Crippen molar-refractivity contribution in [2.24, 2.45) is 0 Å². The summed E-state index contributed by atoms with van der Waals surface area (Å²) in [5.74, 6) is 0. The molecule has 1 aromatic rings. The molecule has 1 N–H and O–H groups in total. The van der Waals surface area contributed by atoms with Crippen LogP contribution in [-0.2, 0) is 6.42 Å². The van der Waals surface area contributed by atoms with Crippen LogP contribution in [0.5, 0.6) is 0 Å². The maximum Gasteiger partial charge on any atom is 0.0107 e. The highest BCUT2D eigenvalue weighted by molar-refractivity contribution is 5.63. The highest BCUT2D eigenvalue weighted by Gasteiger charge is 2.06. The number of benzene rings is 1. The summed E-state index contributed by atoms with van der Waals surface area (Å²) < 4.78 is 0. The molecule has 1 fully saturated rings. The molecule has 0 saturated carbocycles. The van der Waals surface area contributed by atoms with Crippen LogP contribution in [0.25, 0.3) is 5.57 Å². The highest BCUT2D eigenvalue weighted by Crippen LogP contribution is 2.15. The van der Waals surface area contributed by atoms with Crippen LogP contribution in [0, 0.1) is 0 Å². The lowest BCUT2D eigenvalue weighted by molar-refractivity contribution is 0.298. The first kappa shape index (κ1) is 15.3. The van der Waals surface area contributed by atoms with Crippen molar-refractivity contribution in [2.45, 2.75) is 33.1 Å². The molecule has 1 heterocycles. The van der Waals surface area contributed by atoms with E-state index in [-0.39, 0.29) is 0 Å². The third-order valence-electron chi connectivity index (χ3n) is 4.15. The van der Waals surface area contributed by atoms with Gasteiger partial charge in [-0.3, -0.25) is 0 Å². The zero-order valence-corrected chi connectivity index (χ0v) is 13.0. The van der Waals surface area contributed by atoms with Gasteiger partial charge in [0.15, 0.2) is 0 Å². The van der Waals surface area contributed by atoms with E-state index in [2.05, 4.69) is 54.4 Å². The number of nitrogens with one attached hydrogen (secondary N) is 1. The first-order chi connectivity index (χ1) is 9.79. The van der Waals surface area contributed by atoms with E-state index in [0.717, 1.165) is 19.4 Å². The number of aryl methyl sites for hydroxylation is 1. The van der Waals surface area contributed by atoms with Gasteiger partial charge in [0.25, 0.3) is 0 Å². The van der Waals surface area contributed by atoms with E-state index in [1.54, 1.807) is 0 Å². The molecule has 2 nitrogen and oxygen atoms in total. The van der Waals surface area contributed by atoms with E-state index in [0.29, 0.717) is 0 Å². The van der Waals surface area contributed by atoms with Gasteiger partial charge in [0.2, 0.25) is 0 Å². The van der Waals surface area contributed by atoms with Crippen LogP contribution in [0.1, 0.15) is 37.8 Å². The molecule has 0 atom stereocenters. The number of rotatable bonds is 5. The zero-order chi connectivity index (χ0) is 14.2. The minimum absolute atomic E-state index is 1.12. The molecule has 1 aromatic carbocycles. The van der Waals surface area contributed by atoms with Gasteiger partial charge in [-0.15, -0.1) is 0 Å². The number of hydrogen-bond acceptors (Lipinski definition) is 2. The Balaban J connectivity index is 1.83. The molecule has 2 rings (SSSR count). The molecular formula is C18H28N2. The molecule has 0 amide bonds. The van der Waals surface area contributed by atoms with Gasteiger partial charge in [-0.2, -0.15) is 0 Å². The van der Waals surface area contributed by atoms with E-state index in [9.17, 15) is 0 Å². The van der Waals surface area contributed by atoms with Gasteiger partial charge in [0, 0.05) is 19.6 Å². The molecule has 0 aromatic heterocycles. The number of hydrogen-bond donors (Lipinski definition) is 1. The zero-order valence-electron chi connectivity index (χ0n) is 13.0. The molecule has 110 valence electrons. The van der Waals surface area contributed by atoms with Crippen molar-refractivity contribution in [1.82, 2.24) is 10.2 Å². The minimum atomic E-state index is 1.12. The fourth-order valence-corrected chi connectivity index (χ4v) is 2.71. The maximum atomic E-state index is 3.46. The average molecular weight is 272 g/mol. The van der Waals surface area contributed by atoms with Gasteiger partial charge in [0.1, 0.15) is 0 Å². The lowest BCUT2D eigenvalue weighted by Gasteiger charge is -2.18. The van der Waals surface area contributed by atoms with Crippen LogP contribution in [0.15, 0.2) is 30.3 Å². The largest absolute Gasteiger partial charge is 0.315 e. The molecule has 0 unspecified atom stereocenters. The topological polar surface area (TPSA) is 15.3 Å². The van der Waals surface area contributed by atoms with Crippen LogP contribution in [0.2, 0.25) is 0 Å². The molecule has 1 saturated heterocycles. The quantitative estimate of drug-likeness (QED) is 0.884. The summed E-state index contributed by atoms with van der Waals surface area (Å²) >= 11 is 0. The first-order valence-electron chi connectivity index (χ1n) is 7.98. The summed E-state index contributed by atoms with van der Waals surface area (Å²) in [4.78, 5) is 2.57. The summed E-state index contributed by atoms with van der Waals surface area (Å²) in [6, 6.07) is 8.99. The second-order valence-electron chi connectivity index (χ2n) is 5.67. The third kappa shape index (κ3) is 4.77. The Bertz CT molecular complexity index is 412. The van der Waals surface area contributed by atoms with Crippen molar-refractivity contribution < 1.29 is 0 Å². The summed E-state index contributed by atoms with van der Waals surface area (Å²) in [5, 5.41) is 3.46. The molecule has 0 aliphatic carbocycles. The van der Waals surface area contributed by atoms with E-state index >= 15 is 0 Å².